The van der Waals surface area contributed by atoms with Gasteiger partial charge in [-0.2, -0.15) is 0 Å². The van der Waals surface area contributed by atoms with Crippen molar-refractivity contribution in [3.8, 4) is 0 Å². The average Bonchev–Trinajstić information content (AvgIpc) is 2.15. The molecular weight excluding hydrogens is 244 g/mol. The third-order valence-electron chi connectivity index (χ3n) is 2.62. The Labute approximate surface area is 104 Å². The molecule has 0 spiro atoms. The summed E-state index contributed by atoms with van der Waals surface area (Å²) in [5.74, 6) is -2.05. The summed E-state index contributed by atoms with van der Waals surface area (Å²) < 4.78 is 0. The van der Waals surface area contributed by atoms with Gasteiger partial charge in [0.1, 0.15) is 0 Å². The number of carboxylic acid groups (broad SMARTS) is 2. The maximum absolute atomic E-state index is 10.8. The lowest BCUT2D eigenvalue weighted by molar-refractivity contribution is -0.141. The summed E-state index contributed by atoms with van der Waals surface area (Å²) >= 11 is 5.74. The Morgan fingerprint density at radius 3 is 1.88 bits per heavy atom. The number of rotatable bonds is 5. The van der Waals surface area contributed by atoms with Crippen LogP contribution in [0, 0.1) is 0 Å². The highest BCUT2D eigenvalue weighted by Gasteiger charge is 2.32. The molecule has 0 saturated carbocycles. The molecule has 5 heteroatoms. The molecule has 0 saturated heterocycles. The van der Waals surface area contributed by atoms with Gasteiger partial charge in [0.25, 0.3) is 0 Å². The highest BCUT2D eigenvalue weighted by atomic mass is 35.5. The molecule has 1 aromatic rings. The Bertz CT molecular complexity index is 409. The molecule has 1 aromatic carbocycles. The van der Waals surface area contributed by atoms with E-state index in [2.05, 4.69) is 0 Å². The molecule has 2 N–H and O–H groups in total. The molecule has 0 unspecified atom stereocenters. The fraction of sp³-hybridized carbons (Fsp3) is 0.333. The molecule has 1 rings (SSSR count). The number of aliphatic carboxylic acids is 2. The molecule has 0 radical (unpaired) electrons. The first kappa shape index (κ1) is 13.5. The lowest BCUT2D eigenvalue weighted by atomic mass is 9.77. The fourth-order valence-electron chi connectivity index (χ4n) is 1.79. The highest BCUT2D eigenvalue weighted by Crippen LogP contribution is 2.32. The smallest absolute Gasteiger partial charge is 0.304 e. The van der Waals surface area contributed by atoms with Gasteiger partial charge in [0.05, 0.1) is 12.8 Å². The SMILES string of the molecule is CC(CC(=O)O)(CC(=O)O)c1ccc(Cl)cc1. The van der Waals surface area contributed by atoms with E-state index >= 15 is 0 Å². The summed E-state index contributed by atoms with van der Waals surface area (Å²) in [6.45, 7) is 1.62. The monoisotopic (exact) mass is 256 g/mol. The van der Waals surface area contributed by atoms with Crippen molar-refractivity contribution < 1.29 is 19.8 Å². The summed E-state index contributed by atoms with van der Waals surface area (Å²) in [6.07, 6.45) is -0.470. The summed E-state index contributed by atoms with van der Waals surface area (Å²) in [7, 11) is 0. The topological polar surface area (TPSA) is 74.6 Å². The maximum atomic E-state index is 10.8. The zero-order valence-corrected chi connectivity index (χ0v) is 10.1. The molecule has 4 nitrogen and oxygen atoms in total. The van der Waals surface area contributed by atoms with E-state index in [1.54, 1.807) is 31.2 Å². The molecular formula is C12H13ClO4. The molecule has 0 aromatic heterocycles. The first-order chi connectivity index (χ1) is 7.83. The van der Waals surface area contributed by atoms with Crippen molar-refractivity contribution in [1.29, 1.82) is 0 Å². The van der Waals surface area contributed by atoms with E-state index in [9.17, 15) is 9.59 Å². The largest absolute Gasteiger partial charge is 0.481 e. The van der Waals surface area contributed by atoms with Gasteiger partial charge >= 0.3 is 11.9 Å². The molecule has 0 atom stereocenters. The fourth-order valence-corrected chi connectivity index (χ4v) is 1.91. The molecule has 0 aliphatic rings. The number of hydrogen-bond acceptors (Lipinski definition) is 2. The standard InChI is InChI=1S/C12H13ClO4/c1-12(6-10(14)15,7-11(16)17)8-2-4-9(13)5-3-8/h2-5H,6-7H2,1H3,(H,14,15)(H,16,17). The number of carboxylic acids is 2. The van der Waals surface area contributed by atoms with Crippen molar-refractivity contribution in [3.63, 3.8) is 0 Å². The zero-order valence-electron chi connectivity index (χ0n) is 9.31. The quantitative estimate of drug-likeness (QED) is 0.849. The summed E-state index contributed by atoms with van der Waals surface area (Å²) in [6, 6.07) is 6.57. The van der Waals surface area contributed by atoms with E-state index in [4.69, 9.17) is 21.8 Å². The van der Waals surface area contributed by atoms with Crippen LogP contribution < -0.4 is 0 Å². The molecule has 0 amide bonds. The van der Waals surface area contributed by atoms with Crippen molar-refractivity contribution in [2.45, 2.75) is 25.2 Å². The molecule has 17 heavy (non-hydrogen) atoms. The van der Waals surface area contributed by atoms with Crippen molar-refractivity contribution in [1.82, 2.24) is 0 Å². The second-order valence-corrected chi connectivity index (χ2v) is 4.65. The van der Waals surface area contributed by atoms with Crippen LogP contribution in [0.5, 0.6) is 0 Å². The first-order valence-electron chi connectivity index (χ1n) is 5.03. The third-order valence-corrected chi connectivity index (χ3v) is 2.88. The van der Waals surface area contributed by atoms with E-state index in [1.165, 1.54) is 0 Å². The average molecular weight is 257 g/mol. The van der Waals surface area contributed by atoms with Crippen LogP contribution in [0.3, 0.4) is 0 Å². The van der Waals surface area contributed by atoms with Gasteiger partial charge in [0, 0.05) is 10.4 Å². The Morgan fingerprint density at radius 1 is 1.12 bits per heavy atom. The van der Waals surface area contributed by atoms with Crippen molar-refractivity contribution in [2.75, 3.05) is 0 Å². The van der Waals surface area contributed by atoms with Crippen LogP contribution in [0.2, 0.25) is 5.02 Å². The van der Waals surface area contributed by atoms with E-state index in [-0.39, 0.29) is 12.8 Å². The highest BCUT2D eigenvalue weighted by molar-refractivity contribution is 6.30. The summed E-state index contributed by atoms with van der Waals surface area (Å²) in [5.41, 5.74) is -0.269. The molecule has 0 aliphatic carbocycles. The predicted molar refractivity (Wildman–Crippen MR) is 63.3 cm³/mol. The Balaban J connectivity index is 3.08. The van der Waals surface area contributed by atoms with Crippen molar-refractivity contribution in [2.24, 2.45) is 0 Å². The van der Waals surface area contributed by atoms with Gasteiger partial charge in [-0.15, -0.1) is 0 Å². The van der Waals surface area contributed by atoms with Crippen LogP contribution in [0.4, 0.5) is 0 Å². The maximum Gasteiger partial charge on any atom is 0.304 e. The molecule has 92 valence electrons. The van der Waals surface area contributed by atoms with Gasteiger partial charge in [-0.25, -0.2) is 0 Å². The van der Waals surface area contributed by atoms with Crippen LogP contribution in [0.1, 0.15) is 25.3 Å². The Hall–Kier alpha value is -1.55. The van der Waals surface area contributed by atoms with Crippen molar-refractivity contribution in [3.05, 3.63) is 34.9 Å². The molecule has 0 aliphatic heterocycles. The van der Waals surface area contributed by atoms with Crippen LogP contribution >= 0.6 is 11.6 Å². The van der Waals surface area contributed by atoms with E-state index in [0.29, 0.717) is 10.6 Å². The van der Waals surface area contributed by atoms with Gasteiger partial charge < -0.3 is 10.2 Å². The minimum absolute atomic E-state index is 0.235. The van der Waals surface area contributed by atoms with E-state index in [1.807, 2.05) is 0 Å². The number of hydrogen-bond donors (Lipinski definition) is 2. The minimum atomic E-state index is -1.02. The number of halogens is 1. The van der Waals surface area contributed by atoms with E-state index in [0.717, 1.165) is 0 Å². The van der Waals surface area contributed by atoms with Crippen LogP contribution in [0.15, 0.2) is 24.3 Å². The van der Waals surface area contributed by atoms with Gasteiger partial charge in [-0.05, 0) is 17.7 Å². The summed E-state index contributed by atoms with van der Waals surface area (Å²) in [4.78, 5) is 21.6. The molecule has 0 fully saturated rings. The lowest BCUT2D eigenvalue weighted by Gasteiger charge is -2.26. The van der Waals surface area contributed by atoms with Gasteiger partial charge in [-0.1, -0.05) is 30.7 Å². The number of carbonyl (C=O) groups is 2. The second-order valence-electron chi connectivity index (χ2n) is 4.21. The first-order valence-corrected chi connectivity index (χ1v) is 5.41. The Morgan fingerprint density at radius 2 is 1.53 bits per heavy atom. The molecule has 0 heterocycles. The van der Waals surface area contributed by atoms with Crippen molar-refractivity contribution >= 4 is 23.5 Å². The Kier molecular flexibility index (Phi) is 4.12. The molecule has 0 bridgehead atoms. The third kappa shape index (κ3) is 3.75. The van der Waals surface area contributed by atoms with Crippen LogP contribution in [-0.4, -0.2) is 22.2 Å². The van der Waals surface area contributed by atoms with Gasteiger partial charge in [0.2, 0.25) is 0 Å². The van der Waals surface area contributed by atoms with Gasteiger partial charge in [0.15, 0.2) is 0 Å². The minimum Gasteiger partial charge on any atom is -0.481 e. The number of benzene rings is 1. The normalized spacial score (nSPS) is 11.2. The van der Waals surface area contributed by atoms with Crippen LogP contribution in [-0.2, 0) is 15.0 Å². The van der Waals surface area contributed by atoms with Gasteiger partial charge in [-0.3, -0.25) is 9.59 Å². The predicted octanol–water partition coefficient (Wildman–Crippen LogP) is 2.55. The lowest BCUT2D eigenvalue weighted by Crippen LogP contribution is -2.28. The second kappa shape index (κ2) is 5.19. The summed E-state index contributed by atoms with van der Waals surface area (Å²) in [5, 5.41) is 18.2. The van der Waals surface area contributed by atoms with E-state index < -0.39 is 17.4 Å². The van der Waals surface area contributed by atoms with Crippen LogP contribution in [0.25, 0.3) is 0 Å². The zero-order chi connectivity index (χ0) is 13.1.